The maximum atomic E-state index is 13.6. The maximum absolute atomic E-state index is 13.6. The fraction of sp³-hybridized carbons (Fsp3) is 0.333. The van der Waals surface area contributed by atoms with Crippen LogP contribution < -0.4 is 10.3 Å². The number of carboxylic acids is 1. The van der Waals surface area contributed by atoms with Crippen LogP contribution in [0.3, 0.4) is 0 Å². The highest BCUT2D eigenvalue weighted by Gasteiger charge is 2.41. The number of hydrogen-bond donors (Lipinski definition) is 1. The van der Waals surface area contributed by atoms with Crippen LogP contribution in [0, 0.1) is 18.3 Å². The number of nitriles is 1. The third-order valence-electron chi connectivity index (χ3n) is 7.16. The Bertz CT molecular complexity index is 1590. The lowest BCUT2D eigenvalue weighted by Crippen LogP contribution is -2.41. The van der Waals surface area contributed by atoms with Crippen molar-refractivity contribution in [1.29, 1.82) is 5.26 Å². The first-order chi connectivity index (χ1) is 16.8. The standard InChI is InChI=1S/C27H25N3O5/c1-4-20(26(32)33)30-15(2)29-19-11-12-27(14-28,13-17(19)25(30)31)18-9-10-22(34-3)24-23(18)16-7-5-6-8-21(16)35-24/h5-10,20H,4,11-13H2,1-3H3,(H,32,33). The molecule has 0 spiro atoms. The number of fused-ring (bicyclic) bond motifs is 4. The number of ether oxygens (including phenoxy) is 1. The van der Waals surface area contributed by atoms with Crippen molar-refractivity contribution in [2.45, 2.75) is 51.0 Å². The molecule has 4 aromatic rings. The van der Waals surface area contributed by atoms with Gasteiger partial charge < -0.3 is 14.3 Å². The lowest BCUT2D eigenvalue weighted by molar-refractivity contribution is -0.141. The van der Waals surface area contributed by atoms with Crippen molar-refractivity contribution in [3.63, 3.8) is 0 Å². The van der Waals surface area contributed by atoms with Crippen LogP contribution in [-0.4, -0.2) is 27.7 Å². The Hall–Kier alpha value is -4.12. The van der Waals surface area contributed by atoms with Crippen LogP contribution in [0.1, 0.15) is 48.5 Å². The van der Waals surface area contributed by atoms with E-state index in [-0.39, 0.29) is 18.4 Å². The molecule has 0 radical (unpaired) electrons. The second-order valence-electron chi connectivity index (χ2n) is 9.01. The number of para-hydroxylation sites is 1. The minimum absolute atomic E-state index is 0.141. The number of carbonyl (C=O) groups is 1. The molecule has 2 atom stereocenters. The number of rotatable bonds is 5. The first-order valence-corrected chi connectivity index (χ1v) is 11.6. The summed E-state index contributed by atoms with van der Waals surface area (Å²) in [5, 5.41) is 21.9. The Balaban J connectivity index is 1.75. The van der Waals surface area contributed by atoms with E-state index in [9.17, 15) is 20.0 Å². The molecule has 5 rings (SSSR count). The number of hydrogen-bond acceptors (Lipinski definition) is 6. The van der Waals surface area contributed by atoms with Crippen LogP contribution in [0.15, 0.2) is 45.6 Å². The molecule has 0 amide bonds. The average molecular weight is 472 g/mol. The molecule has 2 heterocycles. The van der Waals surface area contributed by atoms with Crippen LogP contribution in [0.4, 0.5) is 0 Å². The lowest BCUT2D eigenvalue weighted by atomic mass is 9.68. The molecule has 2 aromatic carbocycles. The summed E-state index contributed by atoms with van der Waals surface area (Å²) in [7, 11) is 1.57. The molecular formula is C27H25N3O5. The number of aromatic nitrogens is 2. The smallest absolute Gasteiger partial charge is 0.326 e. The van der Waals surface area contributed by atoms with E-state index >= 15 is 0 Å². The van der Waals surface area contributed by atoms with Crippen LogP contribution in [0.25, 0.3) is 21.9 Å². The van der Waals surface area contributed by atoms with E-state index in [1.807, 2.05) is 30.3 Å². The van der Waals surface area contributed by atoms with Crippen LogP contribution in [0.2, 0.25) is 0 Å². The molecule has 0 fully saturated rings. The Morgan fingerprint density at radius 3 is 2.80 bits per heavy atom. The normalized spacial score (nSPS) is 18.2. The molecule has 1 aliphatic rings. The number of furan rings is 1. The zero-order valence-electron chi connectivity index (χ0n) is 19.8. The summed E-state index contributed by atoms with van der Waals surface area (Å²) in [5.41, 5.74) is 1.65. The summed E-state index contributed by atoms with van der Waals surface area (Å²) < 4.78 is 12.9. The Morgan fingerprint density at radius 1 is 1.34 bits per heavy atom. The second-order valence-corrected chi connectivity index (χ2v) is 9.01. The molecule has 1 aliphatic carbocycles. The highest BCUT2D eigenvalue weighted by Crippen LogP contribution is 2.45. The first kappa shape index (κ1) is 22.7. The molecule has 0 bridgehead atoms. The zero-order valence-corrected chi connectivity index (χ0v) is 19.8. The van der Waals surface area contributed by atoms with Gasteiger partial charge in [0.15, 0.2) is 11.3 Å². The van der Waals surface area contributed by atoms with Crippen LogP contribution in [-0.2, 0) is 23.1 Å². The fourth-order valence-corrected chi connectivity index (χ4v) is 5.42. The molecule has 8 nitrogen and oxygen atoms in total. The molecule has 178 valence electrons. The number of aryl methyl sites for hydroxylation is 2. The van der Waals surface area contributed by atoms with Gasteiger partial charge in [0.25, 0.3) is 5.56 Å². The summed E-state index contributed by atoms with van der Waals surface area (Å²) >= 11 is 0. The predicted octanol–water partition coefficient (Wildman–Crippen LogP) is 4.45. The molecule has 2 unspecified atom stereocenters. The second kappa shape index (κ2) is 8.27. The Morgan fingerprint density at radius 2 is 2.11 bits per heavy atom. The zero-order chi connectivity index (χ0) is 24.9. The number of carboxylic acid groups (broad SMARTS) is 1. The maximum Gasteiger partial charge on any atom is 0.326 e. The van der Waals surface area contributed by atoms with Crippen LogP contribution >= 0.6 is 0 Å². The van der Waals surface area contributed by atoms with Crippen molar-refractivity contribution in [3.05, 3.63) is 69.4 Å². The molecule has 8 heteroatoms. The molecule has 1 N–H and O–H groups in total. The van der Waals surface area contributed by atoms with Crippen molar-refractivity contribution in [1.82, 2.24) is 9.55 Å². The van der Waals surface area contributed by atoms with Gasteiger partial charge in [0.2, 0.25) is 0 Å². The van der Waals surface area contributed by atoms with E-state index in [4.69, 9.17) is 9.15 Å². The van der Waals surface area contributed by atoms with Gasteiger partial charge in [-0.15, -0.1) is 0 Å². The summed E-state index contributed by atoms with van der Waals surface area (Å²) in [6.07, 6.45) is 1.30. The fourth-order valence-electron chi connectivity index (χ4n) is 5.42. The number of benzene rings is 2. The summed E-state index contributed by atoms with van der Waals surface area (Å²) in [6.45, 7) is 3.38. The topological polar surface area (TPSA) is 118 Å². The van der Waals surface area contributed by atoms with Crippen molar-refractivity contribution < 1.29 is 19.1 Å². The van der Waals surface area contributed by atoms with E-state index in [2.05, 4.69) is 11.1 Å². The minimum atomic E-state index is -1.08. The van der Waals surface area contributed by atoms with Gasteiger partial charge in [0.05, 0.1) is 24.3 Å². The van der Waals surface area contributed by atoms with Gasteiger partial charge in [-0.2, -0.15) is 5.26 Å². The van der Waals surface area contributed by atoms with Crippen molar-refractivity contribution in [2.75, 3.05) is 7.11 Å². The van der Waals surface area contributed by atoms with E-state index in [0.29, 0.717) is 46.8 Å². The van der Waals surface area contributed by atoms with E-state index < -0.39 is 17.4 Å². The molecular weight excluding hydrogens is 446 g/mol. The monoisotopic (exact) mass is 471 g/mol. The van der Waals surface area contributed by atoms with Crippen LogP contribution in [0.5, 0.6) is 5.75 Å². The Kier molecular flexibility index (Phi) is 5.36. The molecule has 2 aromatic heterocycles. The van der Waals surface area contributed by atoms with Crippen molar-refractivity contribution >= 4 is 27.9 Å². The molecule has 0 aliphatic heterocycles. The van der Waals surface area contributed by atoms with Crippen molar-refractivity contribution in [3.8, 4) is 11.8 Å². The van der Waals surface area contributed by atoms with Gasteiger partial charge in [0, 0.05) is 22.8 Å². The van der Waals surface area contributed by atoms with E-state index in [1.165, 1.54) is 4.57 Å². The largest absolute Gasteiger partial charge is 0.493 e. The average Bonchev–Trinajstić information content (AvgIpc) is 3.25. The van der Waals surface area contributed by atoms with Gasteiger partial charge in [-0.25, -0.2) is 9.78 Å². The third kappa shape index (κ3) is 3.30. The minimum Gasteiger partial charge on any atom is -0.493 e. The Labute approximate surface area is 201 Å². The summed E-state index contributed by atoms with van der Waals surface area (Å²) in [4.78, 5) is 30.1. The third-order valence-corrected chi connectivity index (χ3v) is 7.16. The molecule has 0 saturated carbocycles. The lowest BCUT2D eigenvalue weighted by Gasteiger charge is -2.33. The van der Waals surface area contributed by atoms with Gasteiger partial charge in [-0.3, -0.25) is 9.36 Å². The number of nitrogens with zero attached hydrogens (tertiary/aromatic N) is 3. The predicted molar refractivity (Wildman–Crippen MR) is 130 cm³/mol. The van der Waals surface area contributed by atoms with Gasteiger partial charge >= 0.3 is 5.97 Å². The summed E-state index contributed by atoms with van der Waals surface area (Å²) in [6, 6.07) is 12.8. The number of methoxy groups -OCH3 is 1. The van der Waals surface area contributed by atoms with Gasteiger partial charge in [-0.1, -0.05) is 31.2 Å². The summed E-state index contributed by atoms with van der Waals surface area (Å²) in [5.74, 6) is -0.139. The number of aliphatic carboxylic acids is 1. The molecule has 35 heavy (non-hydrogen) atoms. The molecule has 0 saturated heterocycles. The van der Waals surface area contributed by atoms with Gasteiger partial charge in [0.1, 0.15) is 17.4 Å². The SMILES string of the molecule is CCC(C(=O)O)n1c(C)nc2c(c1=O)CC(C#N)(c1ccc(OC)c3oc4ccccc4c13)CC2. The first-order valence-electron chi connectivity index (χ1n) is 11.6. The van der Waals surface area contributed by atoms with Gasteiger partial charge in [-0.05, 0) is 43.9 Å². The van der Waals surface area contributed by atoms with E-state index in [0.717, 1.165) is 16.3 Å². The highest BCUT2D eigenvalue weighted by atomic mass is 16.5. The quantitative estimate of drug-likeness (QED) is 0.457. The van der Waals surface area contributed by atoms with E-state index in [1.54, 1.807) is 27.0 Å². The highest BCUT2D eigenvalue weighted by molar-refractivity contribution is 6.09. The van der Waals surface area contributed by atoms with Crippen molar-refractivity contribution in [2.24, 2.45) is 0 Å².